The SMILES string of the molecule is CCC(C)(C)C(=O)OC1(C(C)(C)COC)CCCC1.CCC(C)(C)C(=O)OC1(C(C)(C)COC)CCCCC1.CCC(C)(C)C(=O)OCC(=O)OC1(C(C)(C)COC)CCCC1.CCC(C)(C)C(=O)OCC(=O)OC1(C(C)(C)COC)CCCCC1.CCC(C)(C)C(=O)OCCC(=O)OC1(C(C)(C)COC)CCCC1. The highest BCUT2D eigenvalue weighted by Crippen LogP contribution is 2.52. The molecule has 5 fully saturated rings. The average molecular weight is 1570 g/mol. The monoisotopic (exact) mass is 1570 g/mol. The predicted octanol–water partition coefficient (Wildman–Crippen LogP) is 19.6. The number of ether oxygens (including phenoxy) is 13. The largest absolute Gasteiger partial charge is 0.465 e. The number of hydrogen-bond donors (Lipinski definition) is 0. The van der Waals surface area contributed by atoms with E-state index in [-0.39, 0.29) is 100 Å². The van der Waals surface area contributed by atoms with Crippen molar-refractivity contribution in [2.24, 2.45) is 54.1 Å². The number of rotatable bonds is 37. The van der Waals surface area contributed by atoms with Gasteiger partial charge in [0.1, 0.15) is 34.6 Å². The summed E-state index contributed by atoms with van der Waals surface area (Å²) in [5.41, 5.74) is -5.89. The van der Waals surface area contributed by atoms with Crippen LogP contribution in [0.5, 0.6) is 0 Å². The van der Waals surface area contributed by atoms with E-state index in [1.54, 1.807) is 49.4 Å². The standard InChI is InChI=1S/2C19H34O5.C18H32O5.C17H32O3.C16H30O3/c1-7-17(2,3)16(21)23-13-10-15(20)24-19(11-8-9-12-19)18(4,5)14-22-6;1-7-17(2,3)16(21)23-13-15(20)24-19(11-9-8-10-12-19)18(4,5)14-22-6;1-7-16(2,3)15(20)22-12-14(19)23-18(10-8-9-11-18)17(4,5)13-21-6;1-7-15(2,3)14(18)20-17(11-9-8-10-12-17)16(4,5)13-19-6;1-7-14(2,3)13(17)19-16(10-8-9-11-16)15(4,5)12-18-6/h2*7-14H2,1-6H3;7-13H2,1-6H3;7-13H2,1-6H3;7-12H2,1-6H3. The molecule has 0 aliphatic heterocycles. The molecule has 21 heteroatoms. The van der Waals surface area contributed by atoms with Gasteiger partial charge in [-0.05, 0) is 230 Å². The molecule has 0 spiro atoms. The first-order valence-electron chi connectivity index (χ1n) is 41.8. The lowest BCUT2D eigenvalue weighted by atomic mass is 9.67. The van der Waals surface area contributed by atoms with Crippen LogP contribution in [0.3, 0.4) is 0 Å². The number of methoxy groups -OCH3 is 5. The second-order valence-corrected chi connectivity index (χ2v) is 38.7. The zero-order valence-corrected chi connectivity index (χ0v) is 75.5. The van der Waals surface area contributed by atoms with Crippen molar-refractivity contribution in [3.8, 4) is 0 Å². The summed E-state index contributed by atoms with van der Waals surface area (Å²) < 4.78 is 72.1. The van der Waals surface area contributed by atoms with Crippen molar-refractivity contribution in [1.29, 1.82) is 0 Å². The highest BCUT2D eigenvalue weighted by molar-refractivity contribution is 5.81. The Labute approximate surface area is 668 Å². The molecule has 5 saturated carbocycles. The van der Waals surface area contributed by atoms with Crippen molar-refractivity contribution in [2.45, 2.75) is 381 Å². The summed E-state index contributed by atoms with van der Waals surface area (Å²) in [5, 5.41) is 0. The Morgan fingerprint density at radius 3 is 0.636 bits per heavy atom. The lowest BCUT2D eigenvalue weighted by molar-refractivity contribution is -0.197. The smallest absolute Gasteiger partial charge is 0.344 e. The average Bonchev–Trinajstić information content (AvgIpc) is 1.16. The zero-order valence-electron chi connectivity index (χ0n) is 75.5. The molecule has 5 aliphatic carbocycles. The van der Waals surface area contributed by atoms with E-state index >= 15 is 0 Å². The van der Waals surface area contributed by atoms with Crippen LogP contribution in [0.4, 0.5) is 0 Å². The summed E-state index contributed by atoms with van der Waals surface area (Å²) in [6, 6.07) is 0. The summed E-state index contributed by atoms with van der Waals surface area (Å²) in [4.78, 5) is 97.8. The highest BCUT2D eigenvalue weighted by atomic mass is 16.6. The Hall–Kier alpha value is -4.44. The normalized spacial score (nSPS) is 18.5. The minimum absolute atomic E-state index is 0.0638. The van der Waals surface area contributed by atoms with Crippen molar-refractivity contribution < 1.29 is 99.9 Å². The fourth-order valence-corrected chi connectivity index (χ4v) is 15.3. The molecular weight excluding hydrogens is 1400 g/mol. The van der Waals surface area contributed by atoms with E-state index in [9.17, 15) is 38.4 Å². The fourth-order valence-electron chi connectivity index (χ4n) is 15.3. The molecule has 0 atom stereocenters. The quantitative estimate of drug-likeness (QED) is 0.0413. The molecule has 0 unspecified atom stereocenters. The minimum Gasteiger partial charge on any atom is -0.465 e. The van der Waals surface area contributed by atoms with Gasteiger partial charge in [0, 0.05) is 62.6 Å². The first kappa shape index (κ1) is 104. The topological polar surface area (TPSA) is 257 Å². The Morgan fingerprint density at radius 1 is 0.245 bits per heavy atom. The molecule has 0 amide bonds. The lowest BCUT2D eigenvalue weighted by Crippen LogP contribution is -2.53. The Kier molecular flexibility index (Phi) is 42.0. The molecule has 0 aromatic rings. The molecular formula is C89H162O21. The third kappa shape index (κ3) is 29.1. The number of esters is 8. The van der Waals surface area contributed by atoms with Crippen molar-refractivity contribution >= 4 is 47.8 Å². The first-order chi connectivity index (χ1) is 50.7. The Balaban J connectivity index is 0.000000689. The molecule has 5 aliphatic rings. The van der Waals surface area contributed by atoms with Crippen LogP contribution in [-0.4, -0.2) is 164 Å². The van der Waals surface area contributed by atoms with Gasteiger partial charge in [0.25, 0.3) is 0 Å². The second-order valence-electron chi connectivity index (χ2n) is 38.7. The van der Waals surface area contributed by atoms with Crippen LogP contribution >= 0.6 is 0 Å². The number of carbonyl (C=O) groups is 8. The van der Waals surface area contributed by atoms with E-state index < -0.39 is 55.8 Å². The molecule has 5 rings (SSSR count). The second kappa shape index (κ2) is 44.6. The molecule has 21 nitrogen and oxygen atoms in total. The van der Waals surface area contributed by atoms with Gasteiger partial charge in [-0.2, -0.15) is 0 Å². The van der Waals surface area contributed by atoms with E-state index in [0.717, 1.165) is 148 Å². The molecule has 644 valence electrons. The van der Waals surface area contributed by atoms with Crippen LogP contribution in [0.25, 0.3) is 0 Å². The van der Waals surface area contributed by atoms with Crippen molar-refractivity contribution in [1.82, 2.24) is 0 Å². The van der Waals surface area contributed by atoms with Crippen molar-refractivity contribution in [3.63, 3.8) is 0 Å². The van der Waals surface area contributed by atoms with Crippen LogP contribution in [0.1, 0.15) is 353 Å². The molecule has 0 bridgehead atoms. The summed E-state index contributed by atoms with van der Waals surface area (Å²) in [6.45, 7) is 51.9. The summed E-state index contributed by atoms with van der Waals surface area (Å²) in [6.07, 6.45) is 25.7. The van der Waals surface area contributed by atoms with Gasteiger partial charge in [-0.25, -0.2) is 9.59 Å². The third-order valence-corrected chi connectivity index (χ3v) is 26.1. The molecule has 110 heavy (non-hydrogen) atoms. The molecule has 0 N–H and O–H groups in total. The van der Waals surface area contributed by atoms with Crippen LogP contribution in [0.15, 0.2) is 0 Å². The van der Waals surface area contributed by atoms with E-state index in [0.29, 0.717) is 52.3 Å². The van der Waals surface area contributed by atoms with Crippen LogP contribution in [0, 0.1) is 54.1 Å². The number of hydrogen-bond acceptors (Lipinski definition) is 21. The third-order valence-electron chi connectivity index (χ3n) is 26.1. The Morgan fingerprint density at radius 2 is 0.427 bits per heavy atom. The summed E-state index contributed by atoms with van der Waals surface area (Å²) in [5.74, 6) is -2.38. The fraction of sp³-hybridized carbons (Fsp3) is 0.910. The van der Waals surface area contributed by atoms with Gasteiger partial charge < -0.3 is 61.6 Å². The molecule has 0 saturated heterocycles. The van der Waals surface area contributed by atoms with Gasteiger partial charge in [0.05, 0.1) is 66.5 Å². The van der Waals surface area contributed by atoms with Gasteiger partial charge in [-0.3, -0.25) is 28.8 Å². The van der Waals surface area contributed by atoms with Gasteiger partial charge in [-0.15, -0.1) is 0 Å². The molecule has 0 heterocycles. The molecule has 0 aromatic carbocycles. The summed E-state index contributed by atoms with van der Waals surface area (Å²) >= 11 is 0. The zero-order chi connectivity index (χ0) is 84.8. The number of carbonyl (C=O) groups excluding carboxylic acids is 8. The van der Waals surface area contributed by atoms with Gasteiger partial charge in [-0.1, -0.05) is 117 Å². The van der Waals surface area contributed by atoms with Crippen molar-refractivity contribution in [3.05, 3.63) is 0 Å². The van der Waals surface area contributed by atoms with Crippen molar-refractivity contribution in [2.75, 3.05) is 88.4 Å². The van der Waals surface area contributed by atoms with E-state index in [4.69, 9.17) is 61.6 Å². The van der Waals surface area contributed by atoms with Gasteiger partial charge >= 0.3 is 47.8 Å². The van der Waals surface area contributed by atoms with Gasteiger partial charge in [0.15, 0.2) is 13.2 Å². The maximum Gasteiger partial charge on any atom is 0.344 e. The molecule has 0 aromatic heterocycles. The minimum atomic E-state index is -0.585. The maximum atomic E-state index is 12.6. The predicted molar refractivity (Wildman–Crippen MR) is 432 cm³/mol. The lowest BCUT2D eigenvalue weighted by Gasteiger charge is -2.49. The Bertz CT molecular complexity index is 2790. The van der Waals surface area contributed by atoms with Gasteiger partial charge in [0.2, 0.25) is 0 Å². The highest BCUT2D eigenvalue weighted by Gasteiger charge is 2.55. The molecule has 0 radical (unpaired) electrons. The maximum absolute atomic E-state index is 12.6. The van der Waals surface area contributed by atoms with E-state index in [2.05, 4.69) is 69.2 Å². The van der Waals surface area contributed by atoms with E-state index in [1.807, 2.05) is 90.0 Å². The van der Waals surface area contributed by atoms with Crippen LogP contribution < -0.4 is 0 Å². The van der Waals surface area contributed by atoms with Crippen LogP contribution in [-0.2, 0) is 99.9 Å². The van der Waals surface area contributed by atoms with Crippen LogP contribution in [0.2, 0.25) is 0 Å². The first-order valence-corrected chi connectivity index (χ1v) is 41.8. The summed E-state index contributed by atoms with van der Waals surface area (Å²) in [7, 11) is 8.41. The van der Waals surface area contributed by atoms with E-state index in [1.165, 1.54) is 6.42 Å².